The summed E-state index contributed by atoms with van der Waals surface area (Å²) in [6, 6.07) is 3.60. The van der Waals surface area contributed by atoms with Crippen molar-refractivity contribution in [1.82, 2.24) is 4.98 Å². The maximum absolute atomic E-state index is 9.59. The fourth-order valence-corrected chi connectivity index (χ4v) is 1.42. The summed E-state index contributed by atoms with van der Waals surface area (Å²) < 4.78 is 0. The summed E-state index contributed by atoms with van der Waals surface area (Å²) in [5, 5.41) is 9.95. The van der Waals surface area contributed by atoms with E-state index in [2.05, 4.69) is 4.98 Å². The lowest BCUT2D eigenvalue weighted by Gasteiger charge is -2.10. The lowest BCUT2D eigenvalue weighted by molar-refractivity contribution is 0.170. The van der Waals surface area contributed by atoms with Gasteiger partial charge in [-0.2, -0.15) is 0 Å². The third-order valence-corrected chi connectivity index (χ3v) is 2.12. The van der Waals surface area contributed by atoms with E-state index in [0.717, 1.165) is 5.69 Å². The van der Waals surface area contributed by atoms with E-state index in [1.54, 1.807) is 6.07 Å². The number of aliphatic hydroxyl groups is 1. The number of hydrogen-bond acceptors (Lipinski definition) is 3. The molecule has 0 saturated heterocycles. The Kier molecular flexibility index (Phi) is 3.66. The van der Waals surface area contributed by atoms with Gasteiger partial charge in [0.1, 0.15) is 5.15 Å². The zero-order valence-electron chi connectivity index (χ0n) is 7.50. The first kappa shape index (κ1) is 10.4. The van der Waals surface area contributed by atoms with Crippen molar-refractivity contribution >= 4 is 11.6 Å². The van der Waals surface area contributed by atoms with Crippen LogP contribution >= 0.6 is 11.6 Å². The first-order valence-electron chi connectivity index (χ1n) is 4.16. The second-order valence-corrected chi connectivity index (χ2v) is 3.28. The van der Waals surface area contributed by atoms with E-state index in [-0.39, 0.29) is 0 Å². The molecule has 0 radical (unpaired) electrons. The van der Waals surface area contributed by atoms with Gasteiger partial charge in [0.15, 0.2) is 0 Å². The number of nitrogens with zero attached hydrogens (tertiary/aromatic N) is 1. The van der Waals surface area contributed by atoms with Gasteiger partial charge in [-0.25, -0.2) is 4.98 Å². The van der Waals surface area contributed by atoms with E-state index in [1.165, 1.54) is 0 Å². The van der Waals surface area contributed by atoms with E-state index < -0.39 is 6.10 Å². The Bertz CT molecular complexity index is 291. The molecule has 72 valence electrons. The van der Waals surface area contributed by atoms with Gasteiger partial charge in [-0.1, -0.05) is 17.7 Å². The van der Waals surface area contributed by atoms with Crippen molar-refractivity contribution in [3.63, 3.8) is 0 Å². The van der Waals surface area contributed by atoms with Crippen LogP contribution in [-0.4, -0.2) is 16.6 Å². The van der Waals surface area contributed by atoms with Crippen LogP contribution in [0.5, 0.6) is 0 Å². The number of aromatic nitrogens is 1. The van der Waals surface area contributed by atoms with E-state index >= 15 is 0 Å². The van der Waals surface area contributed by atoms with Gasteiger partial charge in [-0.05, 0) is 26.0 Å². The van der Waals surface area contributed by atoms with Crippen LogP contribution in [0.15, 0.2) is 12.1 Å². The molecule has 1 heterocycles. The molecular formula is C9H13ClN2O. The molecule has 0 fully saturated rings. The largest absolute Gasteiger partial charge is 0.388 e. The summed E-state index contributed by atoms with van der Waals surface area (Å²) in [7, 11) is 0. The molecule has 13 heavy (non-hydrogen) atoms. The lowest BCUT2D eigenvalue weighted by atomic mass is 10.1. The number of aliphatic hydroxyl groups excluding tert-OH is 1. The van der Waals surface area contributed by atoms with Crippen LogP contribution in [-0.2, 0) is 0 Å². The summed E-state index contributed by atoms with van der Waals surface area (Å²) in [4.78, 5) is 4.04. The SMILES string of the molecule is Cc1ccc([C@H](O)CCN)c(Cl)n1. The Morgan fingerprint density at radius 2 is 2.31 bits per heavy atom. The first-order chi connectivity index (χ1) is 6.15. The maximum atomic E-state index is 9.59. The van der Waals surface area contributed by atoms with Crippen molar-refractivity contribution in [2.45, 2.75) is 19.4 Å². The van der Waals surface area contributed by atoms with Crippen LogP contribution in [0.25, 0.3) is 0 Å². The zero-order valence-corrected chi connectivity index (χ0v) is 8.25. The molecule has 1 rings (SSSR count). The molecule has 0 saturated carbocycles. The molecule has 0 unspecified atom stereocenters. The van der Waals surface area contributed by atoms with Gasteiger partial charge in [0, 0.05) is 11.3 Å². The Morgan fingerprint density at radius 1 is 1.62 bits per heavy atom. The topological polar surface area (TPSA) is 59.1 Å². The third-order valence-electron chi connectivity index (χ3n) is 1.82. The molecule has 0 aromatic carbocycles. The third kappa shape index (κ3) is 2.66. The van der Waals surface area contributed by atoms with Gasteiger partial charge in [0.25, 0.3) is 0 Å². The molecule has 0 spiro atoms. The Balaban J connectivity index is 2.88. The number of aryl methyl sites for hydroxylation is 1. The minimum atomic E-state index is -0.606. The predicted molar refractivity (Wildman–Crippen MR) is 52.6 cm³/mol. The second kappa shape index (κ2) is 4.56. The van der Waals surface area contributed by atoms with Gasteiger partial charge < -0.3 is 10.8 Å². The van der Waals surface area contributed by atoms with Crippen molar-refractivity contribution in [3.8, 4) is 0 Å². The lowest BCUT2D eigenvalue weighted by Crippen LogP contribution is -2.07. The van der Waals surface area contributed by atoms with Gasteiger partial charge in [0.2, 0.25) is 0 Å². The molecule has 0 bridgehead atoms. The zero-order chi connectivity index (χ0) is 9.84. The number of rotatable bonds is 3. The van der Waals surface area contributed by atoms with Crippen molar-refractivity contribution < 1.29 is 5.11 Å². The average molecular weight is 201 g/mol. The van der Waals surface area contributed by atoms with E-state index in [1.807, 2.05) is 13.0 Å². The molecule has 4 heteroatoms. The van der Waals surface area contributed by atoms with Crippen LogP contribution in [0.3, 0.4) is 0 Å². The molecule has 1 aromatic rings. The minimum absolute atomic E-state index is 0.362. The monoisotopic (exact) mass is 200 g/mol. The average Bonchev–Trinajstić information content (AvgIpc) is 2.04. The summed E-state index contributed by atoms with van der Waals surface area (Å²) in [5.41, 5.74) is 6.82. The van der Waals surface area contributed by atoms with Crippen molar-refractivity contribution in [3.05, 3.63) is 28.5 Å². The highest BCUT2D eigenvalue weighted by Gasteiger charge is 2.11. The summed E-state index contributed by atoms with van der Waals surface area (Å²) in [6.07, 6.45) is -0.102. The van der Waals surface area contributed by atoms with Gasteiger partial charge >= 0.3 is 0 Å². The van der Waals surface area contributed by atoms with Crippen molar-refractivity contribution in [2.24, 2.45) is 5.73 Å². The summed E-state index contributed by atoms with van der Waals surface area (Å²) in [6.45, 7) is 2.29. The highest BCUT2D eigenvalue weighted by Crippen LogP contribution is 2.23. The second-order valence-electron chi connectivity index (χ2n) is 2.93. The quantitative estimate of drug-likeness (QED) is 0.726. The Morgan fingerprint density at radius 3 is 2.85 bits per heavy atom. The van der Waals surface area contributed by atoms with Crippen LogP contribution in [0.2, 0.25) is 5.15 Å². The first-order valence-corrected chi connectivity index (χ1v) is 4.54. The number of pyridine rings is 1. The Hall–Kier alpha value is -0.640. The molecule has 0 aliphatic heterocycles. The molecular weight excluding hydrogens is 188 g/mol. The highest BCUT2D eigenvalue weighted by atomic mass is 35.5. The smallest absolute Gasteiger partial charge is 0.135 e. The summed E-state index contributed by atoms with van der Waals surface area (Å²) >= 11 is 5.85. The van der Waals surface area contributed by atoms with Gasteiger partial charge in [-0.3, -0.25) is 0 Å². The van der Waals surface area contributed by atoms with E-state index in [4.69, 9.17) is 17.3 Å². The predicted octanol–water partition coefficient (Wildman–Crippen LogP) is 1.43. The molecule has 3 nitrogen and oxygen atoms in total. The fraction of sp³-hybridized carbons (Fsp3) is 0.444. The van der Waals surface area contributed by atoms with Gasteiger partial charge in [0.05, 0.1) is 6.10 Å². The number of nitrogens with two attached hydrogens (primary N) is 1. The van der Waals surface area contributed by atoms with Gasteiger partial charge in [-0.15, -0.1) is 0 Å². The molecule has 1 atom stereocenters. The standard InChI is InChI=1S/C9H13ClN2O/c1-6-2-3-7(9(10)12-6)8(13)4-5-11/h2-3,8,13H,4-5,11H2,1H3/t8-/m1/s1. The molecule has 0 aliphatic carbocycles. The normalized spacial score (nSPS) is 12.9. The molecule has 0 aliphatic rings. The number of hydrogen-bond donors (Lipinski definition) is 2. The Labute approximate surface area is 82.5 Å². The summed E-state index contributed by atoms with van der Waals surface area (Å²) in [5.74, 6) is 0. The maximum Gasteiger partial charge on any atom is 0.135 e. The van der Waals surface area contributed by atoms with Crippen LogP contribution in [0.4, 0.5) is 0 Å². The number of halogens is 1. The molecule has 0 amide bonds. The molecule has 1 aromatic heterocycles. The van der Waals surface area contributed by atoms with Crippen LogP contribution in [0.1, 0.15) is 23.8 Å². The van der Waals surface area contributed by atoms with Crippen molar-refractivity contribution in [1.29, 1.82) is 0 Å². The van der Waals surface area contributed by atoms with Crippen LogP contribution in [0, 0.1) is 6.92 Å². The van der Waals surface area contributed by atoms with E-state index in [9.17, 15) is 5.11 Å². The highest BCUT2D eigenvalue weighted by molar-refractivity contribution is 6.30. The van der Waals surface area contributed by atoms with E-state index in [0.29, 0.717) is 23.7 Å². The van der Waals surface area contributed by atoms with Crippen molar-refractivity contribution in [2.75, 3.05) is 6.54 Å². The van der Waals surface area contributed by atoms with Crippen LogP contribution < -0.4 is 5.73 Å². The fourth-order valence-electron chi connectivity index (χ4n) is 1.10. The molecule has 3 N–H and O–H groups in total. The minimum Gasteiger partial charge on any atom is -0.388 e.